The molecule has 3 aromatic rings. The quantitative estimate of drug-likeness (QED) is 0.788. The highest BCUT2D eigenvalue weighted by molar-refractivity contribution is 5.76. The monoisotopic (exact) mass is 280 g/mol. The average molecular weight is 280 g/mol. The third-order valence-electron chi connectivity index (χ3n) is 3.79. The summed E-state index contributed by atoms with van der Waals surface area (Å²) in [5.74, 6) is 0.750. The summed E-state index contributed by atoms with van der Waals surface area (Å²) in [6.45, 7) is 4.80. The Balaban J connectivity index is 2.10. The molecule has 0 fully saturated rings. The Labute approximate surface area is 124 Å². The van der Waals surface area contributed by atoms with E-state index in [1.807, 2.05) is 25.1 Å². The van der Waals surface area contributed by atoms with Gasteiger partial charge in [-0.15, -0.1) is 0 Å². The Morgan fingerprint density at radius 2 is 1.95 bits per heavy atom. The first-order valence-electron chi connectivity index (χ1n) is 7.38. The smallest absolute Gasteiger partial charge is 0.139 e. The first-order chi connectivity index (χ1) is 10.2. The second-order valence-electron chi connectivity index (χ2n) is 5.46. The zero-order valence-electron chi connectivity index (χ0n) is 12.5. The molecule has 0 aliphatic rings. The number of aryl methyl sites for hydroxylation is 1. The molecule has 1 unspecified atom stereocenters. The van der Waals surface area contributed by atoms with Crippen LogP contribution in [0.3, 0.4) is 0 Å². The maximum atomic E-state index is 10.3. The van der Waals surface area contributed by atoms with Gasteiger partial charge in [-0.25, -0.2) is 4.98 Å². The van der Waals surface area contributed by atoms with Crippen molar-refractivity contribution >= 4 is 11.0 Å². The van der Waals surface area contributed by atoms with Gasteiger partial charge in [0.05, 0.1) is 11.0 Å². The molecular formula is C18H20N2O. The van der Waals surface area contributed by atoms with Crippen molar-refractivity contribution in [2.24, 2.45) is 0 Å². The summed E-state index contributed by atoms with van der Waals surface area (Å²) in [4.78, 5) is 4.61. The zero-order valence-corrected chi connectivity index (χ0v) is 12.5. The molecule has 0 radical (unpaired) electrons. The second kappa shape index (κ2) is 5.70. The predicted molar refractivity (Wildman–Crippen MR) is 85.3 cm³/mol. The van der Waals surface area contributed by atoms with Gasteiger partial charge < -0.3 is 9.67 Å². The molecule has 1 atom stereocenters. The summed E-state index contributed by atoms with van der Waals surface area (Å²) >= 11 is 0. The van der Waals surface area contributed by atoms with Crippen LogP contribution in [-0.4, -0.2) is 14.7 Å². The molecule has 0 saturated carbocycles. The summed E-state index contributed by atoms with van der Waals surface area (Å²) < 4.78 is 2.12. The van der Waals surface area contributed by atoms with Gasteiger partial charge in [0.15, 0.2) is 0 Å². The number of hydrogen-bond acceptors (Lipinski definition) is 2. The van der Waals surface area contributed by atoms with Gasteiger partial charge in [0.25, 0.3) is 0 Å². The summed E-state index contributed by atoms with van der Waals surface area (Å²) in [6.07, 6.45) is 0.138. The highest BCUT2D eigenvalue weighted by Crippen LogP contribution is 2.24. The molecule has 108 valence electrons. The van der Waals surface area contributed by atoms with Gasteiger partial charge >= 0.3 is 0 Å². The van der Waals surface area contributed by atoms with Crippen molar-refractivity contribution in [1.29, 1.82) is 0 Å². The molecule has 0 amide bonds. The maximum absolute atomic E-state index is 10.3. The molecular weight excluding hydrogens is 260 g/mol. The van der Waals surface area contributed by atoms with Crippen molar-refractivity contribution in [2.45, 2.75) is 32.9 Å². The van der Waals surface area contributed by atoms with Crippen molar-refractivity contribution in [3.05, 3.63) is 65.5 Å². The first kappa shape index (κ1) is 13.8. The second-order valence-corrected chi connectivity index (χ2v) is 5.46. The minimum atomic E-state index is -0.526. The van der Waals surface area contributed by atoms with Gasteiger partial charge in [-0.05, 0) is 31.0 Å². The van der Waals surface area contributed by atoms with Crippen LogP contribution in [0.1, 0.15) is 36.4 Å². The molecule has 1 N–H and O–H groups in total. The van der Waals surface area contributed by atoms with Gasteiger partial charge in [-0.2, -0.15) is 0 Å². The SMILES string of the molecule is CCC(O)c1nc2ccccc2n1Cc1cccc(C)c1. The molecule has 3 nitrogen and oxygen atoms in total. The van der Waals surface area contributed by atoms with Crippen molar-refractivity contribution in [2.75, 3.05) is 0 Å². The van der Waals surface area contributed by atoms with Crippen LogP contribution in [0.25, 0.3) is 11.0 Å². The topological polar surface area (TPSA) is 38.1 Å². The van der Waals surface area contributed by atoms with E-state index in [1.165, 1.54) is 11.1 Å². The van der Waals surface area contributed by atoms with E-state index in [9.17, 15) is 5.11 Å². The standard InChI is InChI=1S/C18H20N2O/c1-3-17(21)18-19-15-9-4-5-10-16(15)20(18)12-14-8-6-7-13(2)11-14/h4-11,17,21H,3,12H2,1-2H3. The number of aromatic nitrogens is 2. The number of imidazole rings is 1. The van der Waals surface area contributed by atoms with Gasteiger partial charge in [0.2, 0.25) is 0 Å². The largest absolute Gasteiger partial charge is 0.385 e. The van der Waals surface area contributed by atoms with E-state index in [0.29, 0.717) is 6.42 Å². The number of hydrogen-bond donors (Lipinski definition) is 1. The number of fused-ring (bicyclic) bond motifs is 1. The number of para-hydroxylation sites is 2. The minimum absolute atomic E-state index is 0.526. The third-order valence-corrected chi connectivity index (χ3v) is 3.79. The van der Waals surface area contributed by atoms with Crippen LogP contribution in [0, 0.1) is 6.92 Å². The third kappa shape index (κ3) is 2.69. The van der Waals surface area contributed by atoms with E-state index in [0.717, 1.165) is 23.4 Å². The number of nitrogens with zero attached hydrogens (tertiary/aromatic N) is 2. The van der Waals surface area contributed by atoms with Crippen LogP contribution >= 0.6 is 0 Å². The Morgan fingerprint density at radius 3 is 2.71 bits per heavy atom. The molecule has 0 saturated heterocycles. The number of rotatable bonds is 4. The molecule has 0 aliphatic carbocycles. The zero-order chi connectivity index (χ0) is 14.8. The Kier molecular flexibility index (Phi) is 3.76. The van der Waals surface area contributed by atoms with Crippen LogP contribution in [-0.2, 0) is 6.54 Å². The van der Waals surface area contributed by atoms with Crippen LogP contribution in [0.2, 0.25) is 0 Å². The molecule has 3 heteroatoms. The molecule has 21 heavy (non-hydrogen) atoms. The van der Waals surface area contributed by atoms with E-state index in [1.54, 1.807) is 0 Å². The normalized spacial score (nSPS) is 12.7. The van der Waals surface area contributed by atoms with Crippen molar-refractivity contribution in [3.63, 3.8) is 0 Å². The Bertz CT molecular complexity index is 761. The molecule has 1 heterocycles. The molecule has 0 bridgehead atoms. The number of aliphatic hydroxyl groups is 1. The Morgan fingerprint density at radius 1 is 1.14 bits per heavy atom. The number of aliphatic hydroxyl groups excluding tert-OH is 1. The van der Waals surface area contributed by atoms with Crippen molar-refractivity contribution < 1.29 is 5.11 Å². The van der Waals surface area contributed by atoms with Gasteiger partial charge in [0.1, 0.15) is 11.9 Å². The predicted octanol–water partition coefficient (Wildman–Crippen LogP) is 3.84. The van der Waals surface area contributed by atoms with Crippen LogP contribution in [0.15, 0.2) is 48.5 Å². The van der Waals surface area contributed by atoms with Crippen LogP contribution in [0.5, 0.6) is 0 Å². The minimum Gasteiger partial charge on any atom is -0.385 e. The fourth-order valence-electron chi connectivity index (χ4n) is 2.69. The molecule has 1 aromatic heterocycles. The van der Waals surface area contributed by atoms with Gasteiger partial charge in [-0.3, -0.25) is 0 Å². The molecule has 3 rings (SSSR count). The van der Waals surface area contributed by atoms with E-state index in [2.05, 4.69) is 46.8 Å². The lowest BCUT2D eigenvalue weighted by molar-refractivity contribution is 0.160. The summed E-state index contributed by atoms with van der Waals surface area (Å²) in [5.41, 5.74) is 4.48. The maximum Gasteiger partial charge on any atom is 0.139 e. The van der Waals surface area contributed by atoms with E-state index in [-0.39, 0.29) is 0 Å². The summed E-state index contributed by atoms with van der Waals surface area (Å²) in [6, 6.07) is 16.5. The summed E-state index contributed by atoms with van der Waals surface area (Å²) in [5, 5.41) is 10.3. The first-order valence-corrected chi connectivity index (χ1v) is 7.38. The lowest BCUT2D eigenvalue weighted by Crippen LogP contribution is -2.09. The average Bonchev–Trinajstić information content (AvgIpc) is 2.85. The lowest BCUT2D eigenvalue weighted by Gasteiger charge is -2.13. The van der Waals surface area contributed by atoms with E-state index >= 15 is 0 Å². The number of benzene rings is 2. The van der Waals surface area contributed by atoms with E-state index in [4.69, 9.17) is 0 Å². The van der Waals surface area contributed by atoms with Crippen molar-refractivity contribution in [3.8, 4) is 0 Å². The van der Waals surface area contributed by atoms with Crippen LogP contribution in [0.4, 0.5) is 0 Å². The molecule has 2 aromatic carbocycles. The fourth-order valence-corrected chi connectivity index (χ4v) is 2.69. The summed E-state index contributed by atoms with van der Waals surface area (Å²) in [7, 11) is 0. The van der Waals surface area contributed by atoms with Gasteiger partial charge in [-0.1, -0.05) is 48.9 Å². The highest BCUT2D eigenvalue weighted by Gasteiger charge is 2.16. The highest BCUT2D eigenvalue weighted by atomic mass is 16.3. The van der Waals surface area contributed by atoms with Crippen molar-refractivity contribution in [1.82, 2.24) is 9.55 Å². The van der Waals surface area contributed by atoms with Gasteiger partial charge in [0, 0.05) is 6.54 Å². The lowest BCUT2D eigenvalue weighted by atomic mass is 10.1. The van der Waals surface area contributed by atoms with E-state index < -0.39 is 6.10 Å². The molecule has 0 aliphatic heterocycles. The fraction of sp³-hybridized carbons (Fsp3) is 0.278. The van der Waals surface area contributed by atoms with Crippen LogP contribution < -0.4 is 0 Å². The Hall–Kier alpha value is -2.13. The molecule has 0 spiro atoms.